The molecule has 0 bridgehead atoms. The Hall–Kier alpha value is -1.30. The van der Waals surface area contributed by atoms with Crippen LogP contribution >= 0.6 is 15.9 Å². The minimum Gasteiger partial charge on any atom is -0.493 e. The summed E-state index contributed by atoms with van der Waals surface area (Å²) in [7, 11) is 2.82. The van der Waals surface area contributed by atoms with Crippen LogP contribution in [-0.4, -0.2) is 25.3 Å². The third-order valence-electron chi connectivity index (χ3n) is 3.20. The van der Waals surface area contributed by atoms with Gasteiger partial charge in [-0.3, -0.25) is 4.79 Å². The molecule has 0 radical (unpaired) electrons. The van der Waals surface area contributed by atoms with E-state index in [0.717, 1.165) is 6.07 Å². The highest BCUT2D eigenvalue weighted by molar-refractivity contribution is 9.10. The normalized spacial score (nSPS) is 16.2. The third-order valence-corrected chi connectivity index (χ3v) is 3.96. The molecule has 0 heterocycles. The highest BCUT2D eigenvalue weighted by atomic mass is 79.9. The average Bonchev–Trinajstić information content (AvgIpc) is 3.09. The first-order valence-electron chi connectivity index (χ1n) is 5.31. The Morgan fingerprint density at radius 3 is 2.44 bits per heavy atom. The maximum absolute atomic E-state index is 14.1. The van der Waals surface area contributed by atoms with Crippen LogP contribution in [0.2, 0.25) is 0 Å². The number of halogens is 2. The van der Waals surface area contributed by atoms with Crippen molar-refractivity contribution in [1.29, 1.82) is 0 Å². The van der Waals surface area contributed by atoms with Crippen molar-refractivity contribution in [3.05, 3.63) is 21.9 Å². The molecule has 18 heavy (non-hydrogen) atoms. The van der Waals surface area contributed by atoms with E-state index in [1.165, 1.54) is 14.2 Å². The molecule has 6 heteroatoms. The molecule has 4 nitrogen and oxygen atoms in total. The Labute approximate surface area is 112 Å². The van der Waals surface area contributed by atoms with Gasteiger partial charge in [-0.25, -0.2) is 4.39 Å². The van der Waals surface area contributed by atoms with E-state index in [9.17, 15) is 14.3 Å². The smallest absolute Gasteiger partial charge is 0.314 e. The minimum atomic E-state index is -1.14. The SMILES string of the molecule is COc1cc(F)c(C2(C(=O)O)CC2)c(Br)c1OC. The van der Waals surface area contributed by atoms with Crippen LogP contribution in [0.25, 0.3) is 0 Å². The summed E-state index contributed by atoms with van der Waals surface area (Å²) in [6.07, 6.45) is 0.848. The standard InChI is InChI=1S/C12H12BrFO4/c1-17-7-5-6(14)8(9(13)10(7)18-2)12(3-4-12)11(15)16/h5H,3-4H2,1-2H3,(H,15,16). The number of benzene rings is 1. The predicted molar refractivity (Wildman–Crippen MR) is 65.8 cm³/mol. The molecule has 1 aliphatic carbocycles. The Kier molecular flexibility index (Phi) is 3.23. The van der Waals surface area contributed by atoms with E-state index in [1.807, 2.05) is 0 Å². The van der Waals surface area contributed by atoms with Crippen molar-refractivity contribution in [3.8, 4) is 11.5 Å². The van der Waals surface area contributed by atoms with Gasteiger partial charge in [0.1, 0.15) is 5.82 Å². The molecule has 2 rings (SSSR count). The molecule has 1 aromatic rings. The summed E-state index contributed by atoms with van der Waals surface area (Å²) < 4.78 is 24.5. The summed E-state index contributed by atoms with van der Waals surface area (Å²) in [4.78, 5) is 11.3. The van der Waals surface area contributed by atoms with Crippen molar-refractivity contribution in [3.63, 3.8) is 0 Å². The zero-order valence-electron chi connectivity index (χ0n) is 9.92. The first kappa shape index (κ1) is 13.1. The molecule has 0 aliphatic heterocycles. The van der Waals surface area contributed by atoms with E-state index in [0.29, 0.717) is 23.1 Å². The molecule has 1 aromatic carbocycles. The van der Waals surface area contributed by atoms with Crippen LogP contribution < -0.4 is 9.47 Å². The van der Waals surface area contributed by atoms with Crippen molar-refractivity contribution in [1.82, 2.24) is 0 Å². The second-order valence-corrected chi connectivity index (χ2v) is 4.96. The Bertz CT molecular complexity index is 511. The van der Waals surface area contributed by atoms with Gasteiger partial charge in [0.15, 0.2) is 11.5 Å². The second-order valence-electron chi connectivity index (χ2n) is 4.17. The number of ether oxygens (including phenoxy) is 2. The van der Waals surface area contributed by atoms with Crippen LogP contribution in [-0.2, 0) is 10.2 Å². The van der Waals surface area contributed by atoms with Crippen molar-refractivity contribution in [2.45, 2.75) is 18.3 Å². The molecule has 0 amide bonds. The Morgan fingerprint density at radius 2 is 2.06 bits per heavy atom. The lowest BCUT2D eigenvalue weighted by Gasteiger charge is -2.18. The zero-order chi connectivity index (χ0) is 13.5. The lowest BCUT2D eigenvalue weighted by molar-refractivity contribution is -0.140. The van der Waals surface area contributed by atoms with Crippen LogP contribution in [0.15, 0.2) is 10.5 Å². The summed E-state index contributed by atoms with van der Waals surface area (Å²) in [5, 5.41) is 9.24. The van der Waals surface area contributed by atoms with Crippen molar-refractivity contribution >= 4 is 21.9 Å². The summed E-state index contributed by atoms with van der Waals surface area (Å²) >= 11 is 3.22. The van der Waals surface area contributed by atoms with Crippen molar-refractivity contribution in [2.75, 3.05) is 14.2 Å². The molecule has 98 valence electrons. The van der Waals surface area contributed by atoms with Crippen molar-refractivity contribution < 1.29 is 23.8 Å². The molecule has 0 atom stereocenters. The van der Waals surface area contributed by atoms with Gasteiger partial charge in [0.05, 0.1) is 24.1 Å². The number of carboxylic acid groups (broad SMARTS) is 1. The first-order valence-corrected chi connectivity index (χ1v) is 6.11. The van der Waals surface area contributed by atoms with E-state index in [-0.39, 0.29) is 11.3 Å². The number of hydrogen-bond acceptors (Lipinski definition) is 3. The molecule has 0 aromatic heterocycles. The molecule has 1 saturated carbocycles. The van der Waals surface area contributed by atoms with E-state index in [2.05, 4.69) is 15.9 Å². The quantitative estimate of drug-likeness (QED) is 0.927. The fraction of sp³-hybridized carbons (Fsp3) is 0.417. The minimum absolute atomic E-state index is 0.132. The van der Waals surface area contributed by atoms with Gasteiger partial charge in [-0.05, 0) is 28.8 Å². The van der Waals surface area contributed by atoms with Gasteiger partial charge >= 0.3 is 5.97 Å². The van der Waals surface area contributed by atoms with E-state index in [1.54, 1.807) is 0 Å². The third kappa shape index (κ3) is 1.75. The molecule has 1 fully saturated rings. The fourth-order valence-electron chi connectivity index (χ4n) is 2.06. The van der Waals surface area contributed by atoms with Gasteiger partial charge in [0.25, 0.3) is 0 Å². The maximum Gasteiger partial charge on any atom is 0.314 e. The molecular weight excluding hydrogens is 307 g/mol. The van der Waals surface area contributed by atoms with Gasteiger partial charge in [-0.15, -0.1) is 0 Å². The molecular formula is C12H12BrFO4. The first-order chi connectivity index (χ1) is 8.47. The number of rotatable bonds is 4. The van der Waals surface area contributed by atoms with E-state index < -0.39 is 17.2 Å². The Morgan fingerprint density at radius 1 is 1.44 bits per heavy atom. The monoisotopic (exact) mass is 318 g/mol. The van der Waals surface area contributed by atoms with Crippen LogP contribution in [0.5, 0.6) is 11.5 Å². The molecule has 0 spiro atoms. The number of aliphatic carboxylic acids is 1. The summed E-state index contributed by atoms with van der Waals surface area (Å²) in [6.45, 7) is 0. The molecule has 0 saturated heterocycles. The van der Waals surface area contributed by atoms with Gasteiger partial charge in [-0.1, -0.05) is 0 Å². The van der Waals surface area contributed by atoms with Crippen LogP contribution in [0.4, 0.5) is 4.39 Å². The topological polar surface area (TPSA) is 55.8 Å². The maximum atomic E-state index is 14.1. The molecule has 0 unspecified atom stereocenters. The van der Waals surface area contributed by atoms with Crippen LogP contribution in [0, 0.1) is 5.82 Å². The highest BCUT2D eigenvalue weighted by Gasteiger charge is 2.55. The second kappa shape index (κ2) is 4.42. The lowest BCUT2D eigenvalue weighted by atomic mass is 9.95. The largest absolute Gasteiger partial charge is 0.493 e. The number of carboxylic acids is 1. The predicted octanol–water partition coefficient (Wildman–Crippen LogP) is 2.72. The number of methoxy groups -OCH3 is 2. The van der Waals surface area contributed by atoms with Crippen LogP contribution in [0.3, 0.4) is 0 Å². The highest BCUT2D eigenvalue weighted by Crippen LogP contribution is 2.54. The lowest BCUT2D eigenvalue weighted by Crippen LogP contribution is -2.22. The van der Waals surface area contributed by atoms with E-state index >= 15 is 0 Å². The van der Waals surface area contributed by atoms with Crippen molar-refractivity contribution in [2.24, 2.45) is 0 Å². The number of carbonyl (C=O) groups is 1. The van der Waals surface area contributed by atoms with Gasteiger partial charge in [-0.2, -0.15) is 0 Å². The fourth-order valence-corrected chi connectivity index (χ4v) is 2.98. The van der Waals surface area contributed by atoms with E-state index in [4.69, 9.17) is 9.47 Å². The molecule has 1 aliphatic rings. The average molecular weight is 319 g/mol. The summed E-state index contributed by atoms with van der Waals surface area (Å²) in [5.74, 6) is -1.08. The van der Waals surface area contributed by atoms with Gasteiger partial charge < -0.3 is 14.6 Å². The van der Waals surface area contributed by atoms with Crippen LogP contribution in [0.1, 0.15) is 18.4 Å². The zero-order valence-corrected chi connectivity index (χ0v) is 11.5. The molecule has 1 N–H and O–H groups in total. The van der Waals surface area contributed by atoms with Gasteiger partial charge in [0.2, 0.25) is 0 Å². The number of hydrogen-bond donors (Lipinski definition) is 1. The van der Waals surface area contributed by atoms with Gasteiger partial charge in [0, 0.05) is 11.6 Å². The summed E-state index contributed by atoms with van der Waals surface area (Å²) in [6, 6.07) is 1.15. The summed E-state index contributed by atoms with van der Waals surface area (Å²) in [5.41, 5.74) is -1.00. The Balaban J connectivity index is 2.66.